The molecular weight excluding hydrogens is 272 g/mol. The molecule has 0 aliphatic carbocycles. The van der Waals surface area contributed by atoms with Gasteiger partial charge in [0, 0.05) is 10.6 Å². The van der Waals surface area contributed by atoms with Gasteiger partial charge in [-0.25, -0.2) is 0 Å². The highest BCUT2D eigenvalue weighted by atomic mass is 35.5. The number of Topliss-reactive ketones (excluding diaryl/α,β-unsaturated/α-hetero) is 1. The Bertz CT molecular complexity index is 635. The van der Waals surface area contributed by atoms with E-state index in [9.17, 15) is 4.79 Å². The first-order valence-corrected chi connectivity index (χ1v) is 6.89. The largest absolute Gasteiger partial charge is 0.482 e. The van der Waals surface area contributed by atoms with Crippen LogP contribution in [0.15, 0.2) is 42.5 Å². The lowest BCUT2D eigenvalue weighted by Gasteiger charge is -2.16. The summed E-state index contributed by atoms with van der Waals surface area (Å²) in [4.78, 5) is 12.3. The number of benzene rings is 2. The Morgan fingerprint density at radius 1 is 1.15 bits per heavy atom. The fourth-order valence-electron chi connectivity index (χ4n) is 1.95. The van der Waals surface area contributed by atoms with Gasteiger partial charge in [0.1, 0.15) is 5.75 Å². The molecule has 0 heterocycles. The minimum atomic E-state index is -0.547. The fraction of sp³-hybridized carbons (Fsp3) is 0.235. The van der Waals surface area contributed by atoms with Gasteiger partial charge >= 0.3 is 0 Å². The van der Waals surface area contributed by atoms with E-state index in [1.807, 2.05) is 32.0 Å². The van der Waals surface area contributed by atoms with Crippen LogP contribution in [0.5, 0.6) is 5.75 Å². The number of aryl methyl sites for hydroxylation is 2. The maximum Gasteiger partial charge on any atom is 0.203 e. The van der Waals surface area contributed by atoms with E-state index < -0.39 is 6.10 Å². The zero-order chi connectivity index (χ0) is 14.7. The molecule has 104 valence electrons. The highest BCUT2D eigenvalue weighted by Gasteiger charge is 2.18. The molecule has 1 unspecified atom stereocenters. The predicted octanol–water partition coefficient (Wildman–Crippen LogP) is 4.61. The van der Waals surface area contributed by atoms with Crippen LogP contribution >= 0.6 is 11.6 Å². The van der Waals surface area contributed by atoms with Gasteiger partial charge < -0.3 is 4.74 Å². The van der Waals surface area contributed by atoms with Crippen LogP contribution < -0.4 is 4.74 Å². The van der Waals surface area contributed by atoms with Crippen LogP contribution in [0.2, 0.25) is 5.02 Å². The van der Waals surface area contributed by atoms with Crippen molar-refractivity contribution in [3.63, 3.8) is 0 Å². The third-order valence-corrected chi connectivity index (χ3v) is 3.36. The van der Waals surface area contributed by atoms with Crippen LogP contribution in [-0.2, 0) is 0 Å². The van der Waals surface area contributed by atoms with Gasteiger partial charge in [0.25, 0.3) is 0 Å². The second-order valence-corrected chi connectivity index (χ2v) is 5.34. The van der Waals surface area contributed by atoms with E-state index in [4.69, 9.17) is 16.3 Å². The molecule has 20 heavy (non-hydrogen) atoms. The third kappa shape index (κ3) is 3.40. The van der Waals surface area contributed by atoms with Gasteiger partial charge in [0.15, 0.2) is 6.10 Å². The maximum absolute atomic E-state index is 12.3. The van der Waals surface area contributed by atoms with E-state index >= 15 is 0 Å². The Balaban J connectivity index is 2.17. The number of rotatable bonds is 4. The minimum absolute atomic E-state index is 0.0755. The number of hydrogen-bond acceptors (Lipinski definition) is 2. The summed E-state index contributed by atoms with van der Waals surface area (Å²) < 4.78 is 5.79. The van der Waals surface area contributed by atoms with Gasteiger partial charge in [-0.2, -0.15) is 0 Å². The second-order valence-electron chi connectivity index (χ2n) is 4.90. The van der Waals surface area contributed by atoms with Crippen molar-refractivity contribution in [2.75, 3.05) is 0 Å². The summed E-state index contributed by atoms with van der Waals surface area (Å²) in [5.41, 5.74) is 2.68. The summed E-state index contributed by atoms with van der Waals surface area (Å²) in [5.74, 6) is 0.668. The summed E-state index contributed by atoms with van der Waals surface area (Å²) in [5, 5.41) is 0.551. The van der Waals surface area contributed by atoms with Gasteiger partial charge in [-0.05, 0) is 50.1 Å². The van der Waals surface area contributed by atoms with E-state index in [0.717, 1.165) is 16.9 Å². The normalized spacial score (nSPS) is 12.0. The highest BCUT2D eigenvalue weighted by molar-refractivity contribution is 6.31. The summed E-state index contributed by atoms with van der Waals surface area (Å²) in [7, 11) is 0. The van der Waals surface area contributed by atoms with Gasteiger partial charge in [-0.15, -0.1) is 0 Å². The van der Waals surface area contributed by atoms with Gasteiger partial charge in [-0.3, -0.25) is 4.79 Å². The van der Waals surface area contributed by atoms with E-state index in [1.54, 1.807) is 31.2 Å². The van der Waals surface area contributed by atoms with E-state index in [0.29, 0.717) is 10.6 Å². The first-order chi connectivity index (χ1) is 9.47. The molecule has 2 nitrogen and oxygen atoms in total. The van der Waals surface area contributed by atoms with Crippen molar-refractivity contribution in [1.82, 2.24) is 0 Å². The fourth-order valence-corrected chi connectivity index (χ4v) is 2.14. The molecule has 2 rings (SSSR count). The zero-order valence-electron chi connectivity index (χ0n) is 11.8. The van der Waals surface area contributed by atoms with Gasteiger partial charge in [-0.1, -0.05) is 35.9 Å². The molecule has 0 amide bonds. The maximum atomic E-state index is 12.3. The third-order valence-electron chi connectivity index (χ3n) is 3.13. The lowest BCUT2D eigenvalue weighted by atomic mass is 10.1. The van der Waals surface area contributed by atoms with Crippen molar-refractivity contribution in [2.45, 2.75) is 26.9 Å². The van der Waals surface area contributed by atoms with Crippen LogP contribution in [0.3, 0.4) is 0 Å². The predicted molar refractivity (Wildman–Crippen MR) is 81.8 cm³/mol. The molecule has 2 aromatic rings. The molecule has 2 aromatic carbocycles. The zero-order valence-corrected chi connectivity index (χ0v) is 12.6. The Morgan fingerprint density at radius 3 is 2.60 bits per heavy atom. The van der Waals surface area contributed by atoms with Crippen molar-refractivity contribution in [2.24, 2.45) is 0 Å². The summed E-state index contributed by atoms with van der Waals surface area (Å²) in [6, 6.07) is 12.9. The Morgan fingerprint density at radius 2 is 1.90 bits per heavy atom. The molecule has 0 aromatic heterocycles. The average Bonchev–Trinajstić information content (AvgIpc) is 2.42. The Kier molecular flexibility index (Phi) is 4.46. The van der Waals surface area contributed by atoms with Crippen molar-refractivity contribution >= 4 is 17.4 Å². The summed E-state index contributed by atoms with van der Waals surface area (Å²) in [6.45, 7) is 5.71. The molecule has 0 aliphatic rings. The highest BCUT2D eigenvalue weighted by Crippen LogP contribution is 2.22. The number of ketones is 1. The molecule has 0 bridgehead atoms. The molecular formula is C17H17ClO2. The molecule has 0 fully saturated rings. The van der Waals surface area contributed by atoms with Crippen LogP contribution in [0.25, 0.3) is 0 Å². The number of hydrogen-bond donors (Lipinski definition) is 0. The van der Waals surface area contributed by atoms with Crippen LogP contribution in [0.1, 0.15) is 28.4 Å². The standard InChI is InChI=1S/C17H17ClO2/c1-11-7-8-12(2)16(9-11)20-13(3)17(19)14-5-4-6-15(18)10-14/h4-10,13H,1-3H3. The molecule has 0 saturated carbocycles. The van der Waals surface area contributed by atoms with Crippen molar-refractivity contribution < 1.29 is 9.53 Å². The lowest BCUT2D eigenvalue weighted by molar-refractivity contribution is 0.0817. The average molecular weight is 289 g/mol. The summed E-state index contributed by atoms with van der Waals surface area (Å²) in [6.07, 6.45) is -0.547. The quantitative estimate of drug-likeness (QED) is 0.768. The second kappa shape index (κ2) is 6.10. The van der Waals surface area contributed by atoms with Crippen molar-refractivity contribution in [3.8, 4) is 5.75 Å². The first kappa shape index (κ1) is 14.6. The monoisotopic (exact) mass is 288 g/mol. The van der Waals surface area contributed by atoms with E-state index in [-0.39, 0.29) is 5.78 Å². The van der Waals surface area contributed by atoms with Gasteiger partial charge in [0.2, 0.25) is 5.78 Å². The number of halogens is 1. The van der Waals surface area contributed by atoms with Gasteiger partial charge in [0.05, 0.1) is 0 Å². The first-order valence-electron chi connectivity index (χ1n) is 6.51. The number of carbonyl (C=O) groups excluding carboxylic acids is 1. The minimum Gasteiger partial charge on any atom is -0.482 e. The number of carbonyl (C=O) groups is 1. The Hall–Kier alpha value is -1.80. The van der Waals surface area contributed by atoms with Crippen molar-refractivity contribution in [3.05, 3.63) is 64.2 Å². The molecule has 0 saturated heterocycles. The number of ether oxygens (including phenoxy) is 1. The molecule has 0 radical (unpaired) electrons. The smallest absolute Gasteiger partial charge is 0.203 e. The van der Waals surface area contributed by atoms with Crippen LogP contribution in [0.4, 0.5) is 0 Å². The molecule has 0 spiro atoms. The van der Waals surface area contributed by atoms with E-state index in [1.165, 1.54) is 0 Å². The molecule has 0 N–H and O–H groups in total. The molecule has 1 atom stereocenters. The van der Waals surface area contributed by atoms with E-state index in [2.05, 4.69) is 0 Å². The molecule has 0 aliphatic heterocycles. The SMILES string of the molecule is Cc1ccc(C)c(OC(C)C(=O)c2cccc(Cl)c2)c1. The van der Waals surface area contributed by atoms with Crippen LogP contribution in [0, 0.1) is 13.8 Å². The lowest BCUT2D eigenvalue weighted by Crippen LogP contribution is -2.24. The van der Waals surface area contributed by atoms with Crippen LogP contribution in [-0.4, -0.2) is 11.9 Å². The Labute approximate surface area is 124 Å². The molecule has 3 heteroatoms. The van der Waals surface area contributed by atoms with Crippen molar-refractivity contribution in [1.29, 1.82) is 0 Å². The topological polar surface area (TPSA) is 26.3 Å². The summed E-state index contributed by atoms with van der Waals surface area (Å²) >= 11 is 5.91.